The second-order valence-electron chi connectivity index (χ2n) is 6.65. The van der Waals surface area contributed by atoms with Crippen LogP contribution in [0.3, 0.4) is 0 Å². The molecule has 2 aliphatic rings. The van der Waals surface area contributed by atoms with Crippen LogP contribution < -0.4 is 5.32 Å². The third-order valence-electron chi connectivity index (χ3n) is 5.20. The minimum absolute atomic E-state index is 0.158. The first-order valence-corrected chi connectivity index (χ1v) is 9.12. The Kier molecular flexibility index (Phi) is 3.95. The van der Waals surface area contributed by atoms with Crippen molar-refractivity contribution in [1.29, 1.82) is 0 Å². The quantitative estimate of drug-likeness (QED) is 0.914. The fourth-order valence-corrected chi connectivity index (χ4v) is 4.43. The number of amides is 1. The average Bonchev–Trinajstić information content (AvgIpc) is 2.99. The predicted octanol–water partition coefficient (Wildman–Crippen LogP) is 2.45. The summed E-state index contributed by atoms with van der Waals surface area (Å²) in [5.74, 6) is 0.158. The Morgan fingerprint density at radius 1 is 1.43 bits per heavy atom. The molecule has 1 spiro atoms. The van der Waals surface area contributed by atoms with Crippen LogP contribution in [0.2, 0.25) is 0 Å². The minimum atomic E-state index is 0.158. The molecule has 0 aromatic carbocycles. The fraction of sp³-hybridized carbons (Fsp3) is 0.529. The number of carbonyl (C=O) groups is 1. The van der Waals surface area contributed by atoms with Crippen molar-refractivity contribution < 1.29 is 9.32 Å². The van der Waals surface area contributed by atoms with Crippen molar-refractivity contribution in [2.45, 2.75) is 38.3 Å². The highest BCUT2D eigenvalue weighted by Crippen LogP contribution is 2.56. The molecule has 1 saturated carbocycles. The van der Waals surface area contributed by atoms with Crippen LogP contribution in [0, 0.1) is 5.41 Å². The summed E-state index contributed by atoms with van der Waals surface area (Å²) in [6.45, 7) is 2.85. The SMILES string of the molecule is O=C(Cc1ccon1)N(Cc1ccsc1)[C@@H]1CC12CCNCC2. The molecular formula is C17H21N3O2S. The molecule has 2 aromatic heterocycles. The maximum Gasteiger partial charge on any atom is 0.229 e. The molecular weight excluding hydrogens is 310 g/mol. The minimum Gasteiger partial charge on any atom is -0.364 e. The van der Waals surface area contributed by atoms with Gasteiger partial charge in [0.1, 0.15) is 6.26 Å². The molecule has 4 rings (SSSR count). The summed E-state index contributed by atoms with van der Waals surface area (Å²) < 4.78 is 4.86. The number of piperidine rings is 1. The normalized spacial score (nSPS) is 22.2. The highest BCUT2D eigenvalue weighted by molar-refractivity contribution is 7.07. The van der Waals surface area contributed by atoms with Crippen LogP contribution in [0.1, 0.15) is 30.5 Å². The van der Waals surface area contributed by atoms with Gasteiger partial charge in [0.15, 0.2) is 0 Å². The molecule has 0 unspecified atom stereocenters. The van der Waals surface area contributed by atoms with Crippen LogP contribution in [0.4, 0.5) is 0 Å². The van der Waals surface area contributed by atoms with E-state index in [1.807, 2.05) is 0 Å². The Hall–Kier alpha value is -1.66. The van der Waals surface area contributed by atoms with E-state index in [-0.39, 0.29) is 5.91 Å². The van der Waals surface area contributed by atoms with Gasteiger partial charge >= 0.3 is 0 Å². The van der Waals surface area contributed by atoms with E-state index in [4.69, 9.17) is 4.52 Å². The highest BCUT2D eigenvalue weighted by atomic mass is 32.1. The largest absolute Gasteiger partial charge is 0.364 e. The average molecular weight is 331 g/mol. The number of thiophene rings is 1. The molecule has 23 heavy (non-hydrogen) atoms. The van der Waals surface area contributed by atoms with E-state index in [1.165, 1.54) is 24.7 Å². The number of carbonyl (C=O) groups excluding carboxylic acids is 1. The van der Waals surface area contributed by atoms with Crippen LogP contribution in [-0.4, -0.2) is 35.1 Å². The molecule has 5 nitrogen and oxygen atoms in total. The second kappa shape index (κ2) is 6.09. The zero-order chi connectivity index (χ0) is 15.7. The molecule has 1 saturated heterocycles. The molecule has 1 atom stereocenters. The number of hydrogen-bond acceptors (Lipinski definition) is 5. The van der Waals surface area contributed by atoms with Crippen LogP contribution in [0.15, 0.2) is 33.7 Å². The number of rotatable bonds is 5. The zero-order valence-electron chi connectivity index (χ0n) is 13.0. The molecule has 1 amide bonds. The summed E-state index contributed by atoms with van der Waals surface area (Å²) in [4.78, 5) is 15.0. The van der Waals surface area contributed by atoms with Crippen LogP contribution in [-0.2, 0) is 17.8 Å². The lowest BCUT2D eigenvalue weighted by molar-refractivity contribution is -0.132. The first-order valence-electron chi connectivity index (χ1n) is 8.17. The van der Waals surface area contributed by atoms with Crippen molar-refractivity contribution in [3.63, 3.8) is 0 Å². The van der Waals surface area contributed by atoms with Gasteiger partial charge in [-0.1, -0.05) is 5.16 Å². The van der Waals surface area contributed by atoms with E-state index in [2.05, 4.69) is 32.2 Å². The first-order chi connectivity index (χ1) is 11.3. The first kappa shape index (κ1) is 14.9. The van der Waals surface area contributed by atoms with Gasteiger partial charge in [0.05, 0.1) is 12.1 Å². The maximum atomic E-state index is 12.9. The zero-order valence-corrected chi connectivity index (χ0v) is 13.8. The van der Waals surface area contributed by atoms with Crippen LogP contribution in [0.5, 0.6) is 0 Å². The second-order valence-corrected chi connectivity index (χ2v) is 7.43. The summed E-state index contributed by atoms with van der Waals surface area (Å²) in [6.07, 6.45) is 5.34. The monoisotopic (exact) mass is 331 g/mol. The molecule has 2 aromatic rings. The smallest absolute Gasteiger partial charge is 0.229 e. The van der Waals surface area contributed by atoms with E-state index in [0.29, 0.717) is 30.1 Å². The Bertz CT molecular complexity index is 647. The molecule has 122 valence electrons. The fourth-order valence-electron chi connectivity index (χ4n) is 3.77. The van der Waals surface area contributed by atoms with Crippen molar-refractivity contribution in [1.82, 2.24) is 15.4 Å². The van der Waals surface area contributed by atoms with Gasteiger partial charge in [-0.25, -0.2) is 0 Å². The van der Waals surface area contributed by atoms with Gasteiger partial charge in [0.2, 0.25) is 5.91 Å². The van der Waals surface area contributed by atoms with Crippen molar-refractivity contribution >= 4 is 17.2 Å². The molecule has 6 heteroatoms. The Morgan fingerprint density at radius 3 is 3.00 bits per heavy atom. The number of nitrogens with zero attached hydrogens (tertiary/aromatic N) is 2. The van der Waals surface area contributed by atoms with Gasteiger partial charge in [0, 0.05) is 18.7 Å². The van der Waals surface area contributed by atoms with Gasteiger partial charge in [-0.3, -0.25) is 4.79 Å². The molecule has 0 radical (unpaired) electrons. The van der Waals surface area contributed by atoms with E-state index in [9.17, 15) is 4.79 Å². The molecule has 1 N–H and O–H groups in total. The Morgan fingerprint density at radius 2 is 2.30 bits per heavy atom. The van der Waals surface area contributed by atoms with Gasteiger partial charge in [0.25, 0.3) is 0 Å². The third-order valence-corrected chi connectivity index (χ3v) is 5.93. The van der Waals surface area contributed by atoms with E-state index in [1.54, 1.807) is 17.4 Å². The van der Waals surface area contributed by atoms with E-state index in [0.717, 1.165) is 19.5 Å². The number of hydrogen-bond donors (Lipinski definition) is 1. The highest BCUT2D eigenvalue weighted by Gasteiger charge is 2.57. The van der Waals surface area contributed by atoms with Crippen molar-refractivity contribution in [3.8, 4) is 0 Å². The van der Waals surface area contributed by atoms with Crippen molar-refractivity contribution in [2.24, 2.45) is 5.41 Å². The van der Waals surface area contributed by atoms with Gasteiger partial charge in [-0.2, -0.15) is 11.3 Å². The lowest BCUT2D eigenvalue weighted by Gasteiger charge is -2.29. The van der Waals surface area contributed by atoms with Crippen LogP contribution in [0.25, 0.3) is 0 Å². The third kappa shape index (κ3) is 3.05. The van der Waals surface area contributed by atoms with E-state index >= 15 is 0 Å². The number of nitrogens with one attached hydrogen (secondary N) is 1. The van der Waals surface area contributed by atoms with E-state index < -0.39 is 0 Å². The van der Waals surface area contributed by atoms with Gasteiger partial charge < -0.3 is 14.7 Å². The molecule has 1 aliphatic heterocycles. The predicted molar refractivity (Wildman–Crippen MR) is 88.0 cm³/mol. The standard InChI is InChI=1S/C17H21N3O2S/c21-16(9-14-1-7-22-19-14)20(11-13-2-8-23-12-13)15-10-17(15)3-5-18-6-4-17/h1-2,7-8,12,15,18H,3-6,9-11H2/t15-/m1/s1. The lowest BCUT2D eigenvalue weighted by Crippen LogP contribution is -2.39. The molecule has 2 fully saturated rings. The van der Waals surface area contributed by atoms with Crippen molar-refractivity contribution in [2.75, 3.05) is 13.1 Å². The topological polar surface area (TPSA) is 58.4 Å². The van der Waals surface area contributed by atoms with Gasteiger partial charge in [-0.05, 0) is 60.2 Å². The summed E-state index contributed by atoms with van der Waals surface area (Å²) in [5, 5.41) is 11.5. The molecule has 3 heterocycles. The summed E-state index contributed by atoms with van der Waals surface area (Å²) in [6, 6.07) is 4.26. The summed E-state index contributed by atoms with van der Waals surface area (Å²) in [7, 11) is 0. The Labute approximate surface area is 139 Å². The summed E-state index contributed by atoms with van der Waals surface area (Å²) >= 11 is 1.68. The molecule has 1 aliphatic carbocycles. The van der Waals surface area contributed by atoms with Crippen molar-refractivity contribution in [3.05, 3.63) is 40.4 Å². The summed E-state index contributed by atoms with van der Waals surface area (Å²) in [5.41, 5.74) is 2.28. The van der Waals surface area contributed by atoms with Crippen LogP contribution >= 0.6 is 11.3 Å². The van der Waals surface area contributed by atoms with Gasteiger partial charge in [-0.15, -0.1) is 0 Å². The lowest BCUT2D eigenvalue weighted by atomic mass is 9.93. The Balaban J connectivity index is 1.51. The molecule has 0 bridgehead atoms. The maximum absolute atomic E-state index is 12.9. The number of aromatic nitrogens is 1.